The van der Waals surface area contributed by atoms with Crippen LogP contribution in [0, 0.1) is 11.8 Å². The van der Waals surface area contributed by atoms with Gasteiger partial charge in [0.2, 0.25) is 11.8 Å². The van der Waals surface area contributed by atoms with Crippen LogP contribution in [0.1, 0.15) is 85.9 Å². The lowest BCUT2D eigenvalue weighted by Gasteiger charge is -2.32. The molecule has 2 fully saturated rings. The molecule has 2 saturated heterocycles. The molecule has 214 valence electrons. The minimum Gasteiger partial charge on any atom is -0.334 e. The van der Waals surface area contributed by atoms with E-state index in [0.717, 1.165) is 67.1 Å². The van der Waals surface area contributed by atoms with Crippen LogP contribution in [0.3, 0.4) is 0 Å². The summed E-state index contributed by atoms with van der Waals surface area (Å²) in [6, 6.07) is 22.8. The molecule has 0 bridgehead atoms. The number of rotatable bonds is 12. The van der Waals surface area contributed by atoms with Gasteiger partial charge < -0.3 is 9.80 Å². The van der Waals surface area contributed by atoms with Gasteiger partial charge in [0.1, 0.15) is 6.29 Å². The van der Waals surface area contributed by atoms with Gasteiger partial charge in [0.05, 0.1) is 23.9 Å². The molecule has 5 nitrogen and oxygen atoms in total. The van der Waals surface area contributed by atoms with Gasteiger partial charge in [-0.3, -0.25) is 14.4 Å². The highest BCUT2D eigenvalue weighted by molar-refractivity contribution is 6.30. The van der Waals surface area contributed by atoms with Crippen molar-refractivity contribution >= 4 is 29.7 Å². The first-order chi connectivity index (χ1) is 20.0. The van der Waals surface area contributed by atoms with Crippen molar-refractivity contribution in [1.82, 2.24) is 9.80 Å². The first-order valence-electron chi connectivity index (χ1n) is 15.0. The van der Waals surface area contributed by atoms with Crippen molar-refractivity contribution in [2.24, 2.45) is 11.8 Å². The van der Waals surface area contributed by atoms with Crippen LogP contribution in [0.5, 0.6) is 0 Å². The van der Waals surface area contributed by atoms with Crippen LogP contribution in [0.2, 0.25) is 5.02 Å². The zero-order chi connectivity index (χ0) is 28.9. The van der Waals surface area contributed by atoms with Crippen molar-refractivity contribution in [3.63, 3.8) is 0 Å². The number of unbranched alkanes of at least 4 members (excludes halogenated alkanes) is 4. The van der Waals surface area contributed by atoms with Crippen LogP contribution >= 0.6 is 11.6 Å². The van der Waals surface area contributed by atoms with E-state index in [9.17, 15) is 14.4 Å². The van der Waals surface area contributed by atoms with Gasteiger partial charge >= 0.3 is 0 Å². The fourth-order valence-electron chi connectivity index (χ4n) is 6.64. The summed E-state index contributed by atoms with van der Waals surface area (Å²) in [6.45, 7) is 5.62. The lowest BCUT2D eigenvalue weighted by Crippen LogP contribution is -2.39. The Hall–Kier alpha value is -3.44. The topological polar surface area (TPSA) is 57.7 Å². The second-order valence-corrected chi connectivity index (χ2v) is 11.8. The Morgan fingerprint density at radius 2 is 1.05 bits per heavy atom. The minimum absolute atomic E-state index is 0.0796. The Morgan fingerprint density at radius 3 is 1.46 bits per heavy atom. The molecule has 4 unspecified atom stereocenters. The molecule has 5 rings (SSSR count). The third kappa shape index (κ3) is 5.83. The summed E-state index contributed by atoms with van der Waals surface area (Å²) >= 11 is 6.22. The van der Waals surface area contributed by atoms with E-state index in [-0.39, 0.29) is 23.9 Å². The second-order valence-electron chi connectivity index (χ2n) is 11.3. The van der Waals surface area contributed by atoms with E-state index >= 15 is 0 Å². The number of aldehydes is 1. The van der Waals surface area contributed by atoms with Gasteiger partial charge in [-0.15, -0.1) is 0 Å². The average molecular weight is 571 g/mol. The van der Waals surface area contributed by atoms with Crippen LogP contribution in [-0.2, 0) is 9.59 Å². The van der Waals surface area contributed by atoms with Gasteiger partial charge in [0, 0.05) is 23.7 Å². The third-order valence-electron chi connectivity index (χ3n) is 8.72. The van der Waals surface area contributed by atoms with E-state index in [4.69, 9.17) is 11.6 Å². The normalized spacial score (nSPS) is 21.9. The Morgan fingerprint density at radius 1 is 0.634 bits per heavy atom. The summed E-state index contributed by atoms with van der Waals surface area (Å²) in [5.74, 6) is -0.691. The molecule has 3 aromatic rings. The number of likely N-dealkylation sites (tertiary alicyclic amines) is 2. The number of carbonyl (C=O) groups is 3. The summed E-state index contributed by atoms with van der Waals surface area (Å²) in [5, 5.41) is 0.643. The van der Waals surface area contributed by atoms with Crippen molar-refractivity contribution in [2.45, 2.75) is 64.5 Å². The Kier molecular flexibility index (Phi) is 9.24. The molecule has 3 aromatic carbocycles. The number of fused-ring (bicyclic) bond motifs is 1. The molecule has 2 heterocycles. The van der Waals surface area contributed by atoms with E-state index in [0.29, 0.717) is 23.7 Å². The van der Waals surface area contributed by atoms with Gasteiger partial charge in [0.15, 0.2) is 0 Å². The average Bonchev–Trinajstić information content (AvgIpc) is 3.44. The first kappa shape index (κ1) is 29.1. The van der Waals surface area contributed by atoms with E-state index < -0.39 is 11.8 Å². The lowest BCUT2D eigenvalue weighted by atomic mass is 9.83. The maximum Gasteiger partial charge on any atom is 0.229 e. The molecule has 2 aliphatic heterocycles. The van der Waals surface area contributed by atoms with Crippen molar-refractivity contribution in [3.05, 3.63) is 94.5 Å². The molecule has 0 saturated carbocycles. The molecule has 0 N–H and O–H groups in total. The highest BCUT2D eigenvalue weighted by atomic mass is 35.5. The van der Waals surface area contributed by atoms with Gasteiger partial charge in [-0.25, -0.2) is 0 Å². The number of hydrogen-bond acceptors (Lipinski definition) is 3. The Bertz CT molecular complexity index is 1350. The summed E-state index contributed by atoms with van der Waals surface area (Å²) < 4.78 is 0. The molecular formula is C35H39ClN2O3. The van der Waals surface area contributed by atoms with Crippen molar-refractivity contribution in [1.29, 1.82) is 0 Å². The number of amides is 2. The number of hydrogen-bond donors (Lipinski definition) is 0. The third-order valence-corrected chi connectivity index (χ3v) is 8.98. The van der Waals surface area contributed by atoms with Gasteiger partial charge in [-0.1, -0.05) is 112 Å². The molecule has 0 aliphatic carbocycles. The monoisotopic (exact) mass is 570 g/mol. The van der Waals surface area contributed by atoms with E-state index in [1.165, 1.54) is 0 Å². The molecule has 0 aromatic heterocycles. The quantitative estimate of drug-likeness (QED) is 0.164. The molecule has 6 heteroatoms. The predicted octanol–water partition coefficient (Wildman–Crippen LogP) is 7.90. The van der Waals surface area contributed by atoms with Crippen LogP contribution < -0.4 is 0 Å². The van der Waals surface area contributed by atoms with Crippen LogP contribution in [0.4, 0.5) is 0 Å². The molecule has 2 amide bonds. The zero-order valence-electron chi connectivity index (χ0n) is 24.0. The van der Waals surface area contributed by atoms with Gasteiger partial charge in [0.25, 0.3) is 0 Å². The summed E-state index contributed by atoms with van der Waals surface area (Å²) in [7, 11) is 0. The SMILES string of the molecule is CCCCCN1C(=O)C2C(C(=O)N(CCCCC)C2c2ccc(-c3ccc(C=O)cc3)cc2)C1c1ccc(Cl)cc1. The standard InChI is InChI=1S/C35H39ClN2O3/c1-3-5-7-21-37-32(27-15-13-26(14-16-27)25-11-9-24(23-39)10-12-25)30-31(35(37)41)33(28-17-19-29(36)20-18-28)38(34(30)40)22-8-6-4-2/h9-20,23,30-33H,3-8,21-22H2,1-2H3. The van der Waals surface area contributed by atoms with E-state index in [1.807, 2.05) is 58.3 Å². The number of nitrogens with zero attached hydrogens (tertiary/aromatic N) is 2. The number of benzene rings is 3. The van der Waals surface area contributed by atoms with Crippen LogP contribution in [-0.4, -0.2) is 41.0 Å². The highest BCUT2D eigenvalue weighted by Crippen LogP contribution is 2.54. The molecule has 0 spiro atoms. The highest BCUT2D eigenvalue weighted by Gasteiger charge is 2.62. The largest absolute Gasteiger partial charge is 0.334 e. The van der Waals surface area contributed by atoms with E-state index in [1.54, 1.807) is 0 Å². The zero-order valence-corrected chi connectivity index (χ0v) is 24.7. The smallest absolute Gasteiger partial charge is 0.229 e. The number of halogens is 1. The maximum atomic E-state index is 14.3. The number of carbonyl (C=O) groups excluding carboxylic acids is 3. The van der Waals surface area contributed by atoms with Crippen molar-refractivity contribution in [2.75, 3.05) is 13.1 Å². The second kappa shape index (κ2) is 13.0. The Balaban J connectivity index is 1.52. The molecule has 41 heavy (non-hydrogen) atoms. The van der Waals surface area contributed by atoms with Crippen LogP contribution in [0.25, 0.3) is 11.1 Å². The predicted molar refractivity (Wildman–Crippen MR) is 164 cm³/mol. The summed E-state index contributed by atoms with van der Waals surface area (Å²) in [6.07, 6.45) is 6.89. The Labute approximate surface area is 248 Å². The lowest BCUT2D eigenvalue weighted by molar-refractivity contribution is -0.136. The molecular weight excluding hydrogens is 532 g/mol. The maximum absolute atomic E-state index is 14.3. The fourth-order valence-corrected chi connectivity index (χ4v) is 6.77. The van der Waals surface area contributed by atoms with Gasteiger partial charge in [-0.2, -0.15) is 0 Å². The molecule has 4 atom stereocenters. The minimum atomic E-state index is -0.427. The van der Waals surface area contributed by atoms with Crippen molar-refractivity contribution in [3.8, 4) is 11.1 Å². The van der Waals surface area contributed by atoms with Crippen molar-refractivity contribution < 1.29 is 14.4 Å². The summed E-state index contributed by atoms with van der Waals surface area (Å²) in [4.78, 5) is 43.6. The van der Waals surface area contributed by atoms with Crippen LogP contribution in [0.15, 0.2) is 72.8 Å². The first-order valence-corrected chi connectivity index (χ1v) is 15.4. The molecule has 0 radical (unpaired) electrons. The summed E-state index contributed by atoms with van der Waals surface area (Å²) in [5.41, 5.74) is 4.66. The van der Waals surface area contributed by atoms with Gasteiger partial charge in [-0.05, 0) is 47.2 Å². The van der Waals surface area contributed by atoms with E-state index in [2.05, 4.69) is 38.1 Å². The fraction of sp³-hybridized carbons (Fsp3) is 0.400. The molecule has 2 aliphatic rings.